The van der Waals surface area contributed by atoms with Crippen LogP contribution in [0.2, 0.25) is 0 Å². The number of ketones is 1. The molecule has 0 saturated heterocycles. The van der Waals surface area contributed by atoms with Crippen molar-refractivity contribution in [2.75, 3.05) is 6.61 Å². The van der Waals surface area contributed by atoms with Gasteiger partial charge in [0.15, 0.2) is 0 Å². The second kappa shape index (κ2) is 3.89. The van der Waals surface area contributed by atoms with E-state index in [0.29, 0.717) is 5.56 Å². The zero-order chi connectivity index (χ0) is 9.84. The highest BCUT2D eigenvalue weighted by atomic mass is 16.5. The van der Waals surface area contributed by atoms with Crippen LogP contribution in [0.25, 0.3) is 0 Å². The quantitative estimate of drug-likeness (QED) is 0.393. The zero-order valence-electron chi connectivity index (χ0n) is 7.61. The van der Waals surface area contributed by atoms with Crippen LogP contribution in [0, 0.1) is 0 Å². The molecule has 4 nitrogen and oxygen atoms in total. The van der Waals surface area contributed by atoms with E-state index in [1.54, 1.807) is 37.0 Å². The molecule has 0 bridgehead atoms. The molecule has 1 aromatic rings. The number of nitrogens with zero attached hydrogens (tertiary/aromatic N) is 1. The first-order valence-corrected chi connectivity index (χ1v) is 3.98. The lowest BCUT2D eigenvalue weighted by Crippen LogP contribution is -2.16. The van der Waals surface area contributed by atoms with Crippen molar-refractivity contribution >= 4 is 11.8 Å². The largest absolute Gasteiger partial charge is 0.460 e. The minimum absolute atomic E-state index is 0.220. The fraction of sp³-hybridized carbons (Fsp3) is 0.333. The van der Waals surface area contributed by atoms with Crippen LogP contribution in [0.3, 0.4) is 0 Å². The highest BCUT2D eigenvalue weighted by Crippen LogP contribution is 2.02. The second-order valence-electron chi connectivity index (χ2n) is 2.62. The van der Waals surface area contributed by atoms with Gasteiger partial charge in [0, 0.05) is 25.0 Å². The molecular formula is C9H11NO3. The van der Waals surface area contributed by atoms with Crippen LogP contribution in [0.4, 0.5) is 0 Å². The third-order valence-corrected chi connectivity index (χ3v) is 1.55. The first-order valence-electron chi connectivity index (χ1n) is 3.98. The van der Waals surface area contributed by atoms with Gasteiger partial charge in [0.1, 0.15) is 0 Å². The lowest BCUT2D eigenvalue weighted by atomic mass is 10.2. The maximum atomic E-state index is 11.3. The van der Waals surface area contributed by atoms with Crippen LogP contribution in [0.5, 0.6) is 0 Å². The third kappa shape index (κ3) is 2.18. The molecule has 0 atom stereocenters. The maximum Gasteiger partial charge on any atom is 0.379 e. The van der Waals surface area contributed by atoms with Crippen molar-refractivity contribution in [2.45, 2.75) is 6.92 Å². The predicted octanol–water partition coefficient (Wildman–Crippen LogP) is 0.771. The Labute approximate surface area is 76.1 Å². The van der Waals surface area contributed by atoms with Crippen molar-refractivity contribution in [3.8, 4) is 0 Å². The van der Waals surface area contributed by atoms with Crippen molar-refractivity contribution in [3.05, 3.63) is 24.0 Å². The SMILES string of the molecule is CCOC(=O)C(=O)c1ccn(C)c1. The van der Waals surface area contributed by atoms with Gasteiger partial charge in [-0.3, -0.25) is 4.79 Å². The van der Waals surface area contributed by atoms with Gasteiger partial charge in [0.05, 0.1) is 6.61 Å². The number of hydrogen-bond acceptors (Lipinski definition) is 3. The Bertz CT molecular complexity index is 327. The first kappa shape index (κ1) is 9.51. The fourth-order valence-electron chi connectivity index (χ4n) is 0.952. The molecule has 0 aliphatic carbocycles. The highest BCUT2D eigenvalue weighted by molar-refractivity contribution is 6.40. The molecular weight excluding hydrogens is 170 g/mol. The van der Waals surface area contributed by atoms with E-state index in [0.717, 1.165) is 0 Å². The van der Waals surface area contributed by atoms with Crippen LogP contribution in [-0.4, -0.2) is 22.9 Å². The normalized spacial score (nSPS) is 9.69. The van der Waals surface area contributed by atoms with E-state index in [1.807, 2.05) is 0 Å². The molecule has 70 valence electrons. The molecule has 1 rings (SSSR count). The maximum absolute atomic E-state index is 11.3. The van der Waals surface area contributed by atoms with Gasteiger partial charge >= 0.3 is 5.97 Å². The highest BCUT2D eigenvalue weighted by Gasteiger charge is 2.17. The summed E-state index contributed by atoms with van der Waals surface area (Å²) in [6, 6.07) is 1.58. The number of Topliss-reactive ketones (excluding diaryl/α,β-unsaturated/α-hetero) is 1. The van der Waals surface area contributed by atoms with Crippen LogP contribution < -0.4 is 0 Å². The van der Waals surface area contributed by atoms with Gasteiger partial charge in [0.2, 0.25) is 0 Å². The lowest BCUT2D eigenvalue weighted by molar-refractivity contribution is -0.137. The summed E-state index contributed by atoms with van der Waals surface area (Å²) in [7, 11) is 1.78. The molecule has 0 aromatic carbocycles. The topological polar surface area (TPSA) is 48.3 Å². The molecule has 0 radical (unpaired) electrons. The average molecular weight is 181 g/mol. The summed E-state index contributed by atoms with van der Waals surface area (Å²) < 4.78 is 6.27. The summed E-state index contributed by atoms with van der Waals surface area (Å²) in [5.41, 5.74) is 0.362. The van der Waals surface area contributed by atoms with E-state index in [-0.39, 0.29) is 6.61 Å². The first-order chi connectivity index (χ1) is 6.15. The Morgan fingerprint density at radius 2 is 2.23 bits per heavy atom. The number of ether oxygens (including phenoxy) is 1. The molecule has 0 fully saturated rings. The average Bonchev–Trinajstić information content (AvgIpc) is 2.51. The van der Waals surface area contributed by atoms with Crippen LogP contribution in [-0.2, 0) is 16.6 Å². The van der Waals surface area contributed by atoms with E-state index in [1.165, 1.54) is 0 Å². The predicted molar refractivity (Wildman–Crippen MR) is 46.4 cm³/mol. The van der Waals surface area contributed by atoms with Crippen LogP contribution in [0.1, 0.15) is 17.3 Å². The Morgan fingerprint density at radius 3 is 2.69 bits per heavy atom. The van der Waals surface area contributed by atoms with E-state index in [2.05, 4.69) is 4.74 Å². The van der Waals surface area contributed by atoms with E-state index < -0.39 is 11.8 Å². The molecule has 0 aliphatic rings. The summed E-state index contributed by atoms with van der Waals surface area (Å²) in [6.45, 7) is 1.88. The minimum atomic E-state index is -0.797. The van der Waals surface area contributed by atoms with Crippen molar-refractivity contribution in [2.24, 2.45) is 7.05 Å². The summed E-state index contributed by atoms with van der Waals surface area (Å²) in [5, 5.41) is 0. The summed E-state index contributed by atoms with van der Waals surface area (Å²) in [5.74, 6) is -1.39. The van der Waals surface area contributed by atoms with Gasteiger partial charge in [0.25, 0.3) is 5.78 Å². The Morgan fingerprint density at radius 1 is 1.54 bits per heavy atom. The number of esters is 1. The van der Waals surface area contributed by atoms with Crippen molar-refractivity contribution in [1.29, 1.82) is 0 Å². The molecule has 0 saturated carbocycles. The molecule has 13 heavy (non-hydrogen) atoms. The van der Waals surface area contributed by atoms with Crippen LogP contribution in [0.15, 0.2) is 18.5 Å². The standard InChI is InChI=1S/C9H11NO3/c1-3-13-9(12)8(11)7-4-5-10(2)6-7/h4-6H,3H2,1-2H3. The molecule has 0 aliphatic heterocycles. The fourth-order valence-corrected chi connectivity index (χ4v) is 0.952. The molecule has 4 heteroatoms. The zero-order valence-corrected chi connectivity index (χ0v) is 7.61. The number of aryl methyl sites for hydroxylation is 1. The van der Waals surface area contributed by atoms with E-state index >= 15 is 0 Å². The Hall–Kier alpha value is -1.58. The summed E-state index contributed by atoms with van der Waals surface area (Å²) in [6.07, 6.45) is 3.28. The molecule has 0 amide bonds. The molecule has 0 spiro atoms. The molecule has 1 heterocycles. The van der Waals surface area contributed by atoms with E-state index in [9.17, 15) is 9.59 Å². The Balaban J connectivity index is 2.73. The van der Waals surface area contributed by atoms with Crippen molar-refractivity contribution in [3.63, 3.8) is 0 Å². The van der Waals surface area contributed by atoms with Gasteiger partial charge in [-0.2, -0.15) is 0 Å². The Kier molecular flexibility index (Phi) is 2.84. The number of carbonyl (C=O) groups is 2. The summed E-state index contributed by atoms with van der Waals surface area (Å²) >= 11 is 0. The molecule has 1 aromatic heterocycles. The van der Waals surface area contributed by atoms with Gasteiger partial charge < -0.3 is 9.30 Å². The van der Waals surface area contributed by atoms with Gasteiger partial charge in [-0.1, -0.05) is 0 Å². The van der Waals surface area contributed by atoms with Crippen molar-refractivity contribution < 1.29 is 14.3 Å². The van der Waals surface area contributed by atoms with E-state index in [4.69, 9.17) is 0 Å². The van der Waals surface area contributed by atoms with Gasteiger partial charge in [-0.25, -0.2) is 4.79 Å². The van der Waals surface area contributed by atoms with Gasteiger partial charge in [-0.05, 0) is 13.0 Å². The molecule has 0 unspecified atom stereocenters. The monoisotopic (exact) mass is 181 g/mol. The number of carbonyl (C=O) groups excluding carboxylic acids is 2. The number of hydrogen-bond donors (Lipinski definition) is 0. The molecule has 0 N–H and O–H groups in total. The number of aromatic nitrogens is 1. The second-order valence-corrected chi connectivity index (χ2v) is 2.62. The minimum Gasteiger partial charge on any atom is -0.460 e. The summed E-state index contributed by atoms with van der Waals surface area (Å²) in [4.78, 5) is 22.2. The lowest BCUT2D eigenvalue weighted by Gasteiger charge is -1.97. The van der Waals surface area contributed by atoms with Crippen molar-refractivity contribution in [1.82, 2.24) is 4.57 Å². The van der Waals surface area contributed by atoms with Gasteiger partial charge in [-0.15, -0.1) is 0 Å². The smallest absolute Gasteiger partial charge is 0.379 e. The van der Waals surface area contributed by atoms with Crippen LogP contribution >= 0.6 is 0 Å². The third-order valence-electron chi connectivity index (χ3n) is 1.55. The number of rotatable bonds is 3.